The van der Waals surface area contributed by atoms with Gasteiger partial charge in [0.2, 0.25) is 0 Å². The van der Waals surface area contributed by atoms with Crippen LogP contribution in [0.15, 0.2) is 48.5 Å². The SMILES string of the molecule is O=C(NC1CCN(C(=O)c2ccccc2Cl)CC1)c1ccc(F)cc1. The van der Waals surface area contributed by atoms with Gasteiger partial charge in [-0.25, -0.2) is 4.39 Å². The molecule has 2 aromatic rings. The van der Waals surface area contributed by atoms with Crippen LogP contribution in [0.25, 0.3) is 0 Å². The van der Waals surface area contributed by atoms with E-state index in [1.807, 2.05) is 0 Å². The van der Waals surface area contributed by atoms with Crippen molar-refractivity contribution >= 4 is 23.4 Å². The number of hydrogen-bond acceptors (Lipinski definition) is 2. The van der Waals surface area contributed by atoms with Crippen molar-refractivity contribution in [3.63, 3.8) is 0 Å². The van der Waals surface area contributed by atoms with Gasteiger partial charge < -0.3 is 10.2 Å². The van der Waals surface area contributed by atoms with Gasteiger partial charge in [0.15, 0.2) is 0 Å². The molecule has 0 unspecified atom stereocenters. The lowest BCUT2D eigenvalue weighted by Crippen LogP contribution is -2.46. The van der Waals surface area contributed by atoms with E-state index in [9.17, 15) is 14.0 Å². The number of likely N-dealkylation sites (tertiary alicyclic amines) is 1. The van der Waals surface area contributed by atoms with E-state index < -0.39 is 0 Å². The summed E-state index contributed by atoms with van der Waals surface area (Å²) in [6, 6.07) is 12.4. The van der Waals surface area contributed by atoms with E-state index in [-0.39, 0.29) is 23.7 Å². The van der Waals surface area contributed by atoms with Crippen LogP contribution >= 0.6 is 11.6 Å². The first-order valence-electron chi connectivity index (χ1n) is 8.15. The van der Waals surface area contributed by atoms with E-state index in [0.29, 0.717) is 42.1 Å². The number of hydrogen-bond donors (Lipinski definition) is 1. The number of rotatable bonds is 3. The Labute approximate surface area is 150 Å². The maximum atomic E-state index is 12.9. The number of carbonyl (C=O) groups is 2. The molecule has 1 aliphatic heterocycles. The summed E-state index contributed by atoms with van der Waals surface area (Å²) in [6.07, 6.45) is 1.34. The summed E-state index contributed by atoms with van der Waals surface area (Å²) in [5.74, 6) is -0.687. The first-order valence-corrected chi connectivity index (χ1v) is 8.52. The van der Waals surface area contributed by atoms with Crippen molar-refractivity contribution in [2.24, 2.45) is 0 Å². The van der Waals surface area contributed by atoms with Crippen LogP contribution in [0.1, 0.15) is 33.6 Å². The molecule has 1 aliphatic rings. The van der Waals surface area contributed by atoms with Crippen LogP contribution in [0.2, 0.25) is 5.02 Å². The zero-order valence-corrected chi connectivity index (χ0v) is 14.3. The highest BCUT2D eigenvalue weighted by Gasteiger charge is 2.25. The van der Waals surface area contributed by atoms with E-state index in [1.165, 1.54) is 24.3 Å². The molecule has 4 nitrogen and oxygen atoms in total. The van der Waals surface area contributed by atoms with Crippen molar-refractivity contribution in [1.82, 2.24) is 10.2 Å². The predicted molar refractivity (Wildman–Crippen MR) is 94.2 cm³/mol. The molecule has 1 fully saturated rings. The van der Waals surface area contributed by atoms with Crippen molar-refractivity contribution in [3.05, 3.63) is 70.5 Å². The van der Waals surface area contributed by atoms with Gasteiger partial charge in [-0.15, -0.1) is 0 Å². The quantitative estimate of drug-likeness (QED) is 0.910. The van der Waals surface area contributed by atoms with E-state index >= 15 is 0 Å². The molecule has 0 aliphatic carbocycles. The van der Waals surface area contributed by atoms with Crippen LogP contribution in [0.3, 0.4) is 0 Å². The van der Waals surface area contributed by atoms with E-state index in [4.69, 9.17) is 11.6 Å². The fourth-order valence-electron chi connectivity index (χ4n) is 2.90. The van der Waals surface area contributed by atoms with Gasteiger partial charge in [-0.3, -0.25) is 9.59 Å². The summed E-state index contributed by atoms with van der Waals surface area (Å²) in [5, 5.41) is 3.38. The van der Waals surface area contributed by atoms with Gasteiger partial charge in [0.1, 0.15) is 5.82 Å². The molecular formula is C19H18ClFN2O2. The fraction of sp³-hybridized carbons (Fsp3) is 0.263. The molecule has 3 rings (SSSR count). The van der Waals surface area contributed by atoms with Gasteiger partial charge in [-0.1, -0.05) is 23.7 Å². The molecule has 1 N–H and O–H groups in total. The highest BCUT2D eigenvalue weighted by molar-refractivity contribution is 6.33. The van der Waals surface area contributed by atoms with E-state index in [2.05, 4.69) is 5.32 Å². The van der Waals surface area contributed by atoms with Crippen LogP contribution in [0.5, 0.6) is 0 Å². The van der Waals surface area contributed by atoms with Crippen molar-refractivity contribution in [2.45, 2.75) is 18.9 Å². The second kappa shape index (κ2) is 7.66. The second-order valence-electron chi connectivity index (χ2n) is 6.03. The normalized spacial score (nSPS) is 15.0. The molecule has 2 amide bonds. The Kier molecular flexibility index (Phi) is 5.34. The summed E-state index contributed by atoms with van der Waals surface area (Å²) in [4.78, 5) is 26.4. The van der Waals surface area contributed by atoms with Gasteiger partial charge in [-0.05, 0) is 49.2 Å². The van der Waals surface area contributed by atoms with Crippen LogP contribution in [-0.2, 0) is 0 Å². The van der Waals surface area contributed by atoms with Crippen LogP contribution in [0, 0.1) is 5.82 Å². The average molecular weight is 361 g/mol. The minimum absolute atomic E-state index is 0.00662. The third-order valence-electron chi connectivity index (χ3n) is 4.33. The van der Waals surface area contributed by atoms with E-state index in [1.54, 1.807) is 29.2 Å². The predicted octanol–water partition coefficient (Wildman–Crippen LogP) is 3.51. The van der Waals surface area contributed by atoms with Crippen molar-refractivity contribution in [3.8, 4) is 0 Å². The van der Waals surface area contributed by atoms with Crippen LogP contribution < -0.4 is 5.32 Å². The first kappa shape index (κ1) is 17.4. The average Bonchev–Trinajstić information content (AvgIpc) is 2.63. The van der Waals surface area contributed by atoms with Crippen LogP contribution in [0.4, 0.5) is 4.39 Å². The molecule has 6 heteroatoms. The number of benzene rings is 2. The molecule has 0 radical (unpaired) electrons. The number of nitrogens with one attached hydrogen (secondary N) is 1. The Hall–Kier alpha value is -2.40. The second-order valence-corrected chi connectivity index (χ2v) is 6.43. The summed E-state index contributed by atoms with van der Waals surface area (Å²) >= 11 is 6.08. The first-order chi connectivity index (χ1) is 12.0. The zero-order valence-electron chi connectivity index (χ0n) is 13.5. The Morgan fingerprint density at radius 3 is 2.32 bits per heavy atom. The third-order valence-corrected chi connectivity index (χ3v) is 4.66. The number of nitrogens with zero attached hydrogens (tertiary/aromatic N) is 1. The zero-order chi connectivity index (χ0) is 17.8. The Bertz CT molecular complexity index is 771. The van der Waals surface area contributed by atoms with Crippen molar-refractivity contribution in [1.29, 1.82) is 0 Å². The summed E-state index contributed by atoms with van der Waals surface area (Å²) < 4.78 is 12.9. The molecule has 1 saturated heterocycles. The molecule has 0 atom stereocenters. The summed E-state index contributed by atoms with van der Waals surface area (Å²) in [6.45, 7) is 1.11. The minimum Gasteiger partial charge on any atom is -0.349 e. The molecule has 130 valence electrons. The molecular weight excluding hydrogens is 343 g/mol. The van der Waals surface area contributed by atoms with Gasteiger partial charge >= 0.3 is 0 Å². The third kappa shape index (κ3) is 4.17. The van der Waals surface area contributed by atoms with Crippen molar-refractivity contribution < 1.29 is 14.0 Å². The fourth-order valence-corrected chi connectivity index (χ4v) is 3.12. The Morgan fingerprint density at radius 2 is 1.68 bits per heavy atom. The number of halogens is 2. The molecule has 25 heavy (non-hydrogen) atoms. The largest absolute Gasteiger partial charge is 0.349 e. The molecule has 0 spiro atoms. The highest BCUT2D eigenvalue weighted by atomic mass is 35.5. The lowest BCUT2D eigenvalue weighted by Gasteiger charge is -2.32. The van der Waals surface area contributed by atoms with Crippen molar-refractivity contribution in [2.75, 3.05) is 13.1 Å². The number of piperidine rings is 1. The Balaban J connectivity index is 1.55. The summed E-state index contributed by atoms with van der Waals surface area (Å²) in [7, 11) is 0. The monoisotopic (exact) mass is 360 g/mol. The molecule has 0 aromatic heterocycles. The van der Waals surface area contributed by atoms with Gasteiger partial charge in [0, 0.05) is 24.7 Å². The van der Waals surface area contributed by atoms with Gasteiger partial charge in [-0.2, -0.15) is 0 Å². The number of amides is 2. The lowest BCUT2D eigenvalue weighted by molar-refractivity contribution is 0.0698. The van der Waals surface area contributed by atoms with Crippen LogP contribution in [-0.4, -0.2) is 35.8 Å². The minimum atomic E-state index is -0.372. The maximum absolute atomic E-state index is 12.9. The van der Waals surface area contributed by atoms with Gasteiger partial charge in [0.25, 0.3) is 11.8 Å². The topological polar surface area (TPSA) is 49.4 Å². The molecule has 0 bridgehead atoms. The smallest absolute Gasteiger partial charge is 0.255 e. The van der Waals surface area contributed by atoms with E-state index in [0.717, 1.165) is 0 Å². The molecule has 0 saturated carbocycles. The maximum Gasteiger partial charge on any atom is 0.255 e. The number of carbonyl (C=O) groups excluding carboxylic acids is 2. The molecule has 1 heterocycles. The Morgan fingerprint density at radius 1 is 1.04 bits per heavy atom. The molecule has 2 aromatic carbocycles. The lowest BCUT2D eigenvalue weighted by atomic mass is 10.0. The standard InChI is InChI=1S/C19H18ClFN2O2/c20-17-4-2-1-3-16(17)19(25)23-11-9-15(10-12-23)22-18(24)13-5-7-14(21)8-6-13/h1-8,15H,9-12H2,(H,22,24). The van der Waals surface area contributed by atoms with Gasteiger partial charge in [0.05, 0.1) is 10.6 Å². The summed E-state index contributed by atoms with van der Waals surface area (Å²) in [5.41, 5.74) is 0.925. The highest BCUT2D eigenvalue weighted by Crippen LogP contribution is 2.20.